The molecule has 3 aromatic rings. The molecule has 1 aromatic heterocycles. The molecule has 11 heteroatoms. The van der Waals surface area contributed by atoms with Crippen molar-refractivity contribution in [3.63, 3.8) is 0 Å². The number of rotatable bonds is 8. The van der Waals surface area contributed by atoms with Crippen molar-refractivity contribution in [2.45, 2.75) is 20.4 Å². The van der Waals surface area contributed by atoms with Crippen LogP contribution in [0.5, 0.6) is 5.75 Å². The molecular formula is C20H20N6O5. The number of nitrogens with one attached hydrogen (secondary N) is 1. The van der Waals surface area contributed by atoms with Gasteiger partial charge < -0.3 is 4.74 Å². The fourth-order valence-electron chi connectivity index (χ4n) is 3.11. The molecule has 160 valence electrons. The van der Waals surface area contributed by atoms with Gasteiger partial charge in [-0.05, 0) is 49.7 Å². The molecule has 0 radical (unpaired) electrons. The summed E-state index contributed by atoms with van der Waals surface area (Å²) in [4.78, 5) is 21.0. The van der Waals surface area contributed by atoms with Crippen molar-refractivity contribution in [3.05, 3.63) is 85.2 Å². The minimum atomic E-state index is -0.469. The third kappa shape index (κ3) is 4.83. The number of aryl methyl sites for hydroxylation is 1. The van der Waals surface area contributed by atoms with Crippen LogP contribution in [0.1, 0.15) is 22.5 Å². The zero-order valence-electron chi connectivity index (χ0n) is 17.1. The number of nitro groups is 2. The summed E-state index contributed by atoms with van der Waals surface area (Å²) in [6.07, 6.45) is 1.59. The van der Waals surface area contributed by atoms with Crippen LogP contribution in [0.3, 0.4) is 0 Å². The third-order valence-corrected chi connectivity index (χ3v) is 4.64. The van der Waals surface area contributed by atoms with Gasteiger partial charge in [0.2, 0.25) is 0 Å². The van der Waals surface area contributed by atoms with Gasteiger partial charge in [0.15, 0.2) is 0 Å². The molecule has 31 heavy (non-hydrogen) atoms. The van der Waals surface area contributed by atoms with Gasteiger partial charge in [-0.3, -0.25) is 30.3 Å². The number of aromatic nitrogens is 2. The lowest BCUT2D eigenvalue weighted by Crippen LogP contribution is -2.06. The average Bonchev–Trinajstić information content (AvgIpc) is 3.01. The topological polar surface area (TPSA) is 138 Å². The Hall–Kier alpha value is -4.28. The van der Waals surface area contributed by atoms with Crippen LogP contribution in [-0.4, -0.2) is 33.0 Å². The first-order chi connectivity index (χ1) is 14.8. The zero-order chi connectivity index (χ0) is 22.5. The number of non-ortho nitro benzene ring substituents is 1. The molecule has 0 saturated heterocycles. The monoisotopic (exact) mass is 424 g/mol. The van der Waals surface area contributed by atoms with E-state index in [1.807, 2.05) is 12.1 Å². The van der Waals surface area contributed by atoms with Crippen LogP contribution in [0.15, 0.2) is 47.6 Å². The first kappa shape index (κ1) is 21.4. The molecular weight excluding hydrogens is 404 g/mol. The Morgan fingerprint density at radius 1 is 1.13 bits per heavy atom. The maximum absolute atomic E-state index is 11.2. The van der Waals surface area contributed by atoms with Crippen LogP contribution in [0.4, 0.5) is 17.1 Å². The van der Waals surface area contributed by atoms with Gasteiger partial charge in [0.25, 0.3) is 5.69 Å². The third-order valence-electron chi connectivity index (χ3n) is 4.64. The number of nitrogens with zero attached hydrogens (tertiary/aromatic N) is 5. The van der Waals surface area contributed by atoms with Gasteiger partial charge in [-0.25, -0.2) is 0 Å². The van der Waals surface area contributed by atoms with Gasteiger partial charge in [-0.2, -0.15) is 10.2 Å². The van der Waals surface area contributed by atoms with Crippen molar-refractivity contribution in [2.24, 2.45) is 5.10 Å². The van der Waals surface area contributed by atoms with Crippen LogP contribution in [0.25, 0.3) is 0 Å². The van der Waals surface area contributed by atoms with E-state index in [0.29, 0.717) is 29.4 Å². The summed E-state index contributed by atoms with van der Waals surface area (Å²) in [6, 6.07) is 11.3. The van der Waals surface area contributed by atoms with Crippen LogP contribution < -0.4 is 10.2 Å². The largest absolute Gasteiger partial charge is 0.496 e. The number of methoxy groups -OCH3 is 1. The Labute approximate surface area is 177 Å². The second-order valence-electron chi connectivity index (χ2n) is 6.68. The lowest BCUT2D eigenvalue weighted by Gasteiger charge is -2.10. The van der Waals surface area contributed by atoms with Gasteiger partial charge in [0.1, 0.15) is 17.1 Å². The lowest BCUT2D eigenvalue weighted by atomic mass is 10.1. The molecule has 1 heterocycles. The number of ether oxygens (including phenoxy) is 1. The lowest BCUT2D eigenvalue weighted by molar-refractivity contribution is -0.386. The Morgan fingerprint density at radius 3 is 2.42 bits per heavy atom. The molecule has 3 rings (SSSR count). The Bertz CT molecular complexity index is 1150. The van der Waals surface area contributed by atoms with Crippen LogP contribution in [0, 0.1) is 34.1 Å². The quantitative estimate of drug-likeness (QED) is 0.329. The molecule has 0 aliphatic carbocycles. The van der Waals surface area contributed by atoms with E-state index in [-0.39, 0.29) is 11.4 Å². The summed E-state index contributed by atoms with van der Waals surface area (Å²) in [5.74, 6) is 0.621. The molecule has 0 spiro atoms. The highest BCUT2D eigenvalue weighted by Gasteiger charge is 2.22. The van der Waals surface area contributed by atoms with E-state index in [0.717, 1.165) is 11.1 Å². The number of hydrogen-bond acceptors (Lipinski definition) is 8. The molecule has 0 unspecified atom stereocenters. The van der Waals surface area contributed by atoms with Crippen LogP contribution >= 0.6 is 0 Å². The summed E-state index contributed by atoms with van der Waals surface area (Å²) in [5, 5.41) is 30.4. The van der Waals surface area contributed by atoms with Crippen LogP contribution in [0.2, 0.25) is 0 Å². The Morgan fingerprint density at radius 2 is 1.84 bits per heavy atom. The fourth-order valence-corrected chi connectivity index (χ4v) is 3.11. The minimum absolute atomic E-state index is 0.00119. The van der Waals surface area contributed by atoms with Gasteiger partial charge in [-0.15, -0.1) is 0 Å². The fraction of sp³-hybridized carbons (Fsp3) is 0.200. The standard InChI is InChI=1S/C20H20N6O5/c1-13-20(26(29)30)14(2)24(23-13)12-16-10-15(4-9-19(16)31-3)11-21-22-17-5-7-18(8-6-17)25(27)28/h4-11,22H,12H2,1-3H3. The smallest absolute Gasteiger partial charge is 0.312 e. The number of benzene rings is 2. The number of nitro benzene ring substituents is 1. The van der Waals surface area contributed by atoms with E-state index in [1.165, 1.54) is 12.1 Å². The van der Waals surface area contributed by atoms with Crippen molar-refractivity contribution >= 4 is 23.3 Å². The summed E-state index contributed by atoms with van der Waals surface area (Å²) in [5.41, 5.74) is 5.78. The maximum atomic E-state index is 11.2. The van der Waals surface area contributed by atoms with E-state index < -0.39 is 9.85 Å². The highest BCUT2D eigenvalue weighted by Crippen LogP contribution is 2.26. The van der Waals surface area contributed by atoms with Crippen LogP contribution in [-0.2, 0) is 6.54 Å². The van der Waals surface area contributed by atoms with E-state index in [4.69, 9.17) is 4.74 Å². The molecule has 0 bridgehead atoms. The average molecular weight is 424 g/mol. The van der Waals surface area contributed by atoms with Crippen molar-refractivity contribution in [1.29, 1.82) is 0 Å². The summed E-state index contributed by atoms with van der Waals surface area (Å²) >= 11 is 0. The van der Waals surface area contributed by atoms with Gasteiger partial charge in [0.05, 0.1) is 35.4 Å². The number of anilines is 1. The molecule has 1 N–H and O–H groups in total. The van der Waals surface area contributed by atoms with E-state index in [9.17, 15) is 20.2 Å². The summed E-state index contributed by atoms with van der Waals surface area (Å²) in [7, 11) is 1.55. The highest BCUT2D eigenvalue weighted by molar-refractivity contribution is 5.81. The van der Waals surface area contributed by atoms with E-state index in [2.05, 4.69) is 15.6 Å². The molecule has 2 aromatic carbocycles. The van der Waals surface area contributed by atoms with Gasteiger partial charge in [0, 0.05) is 17.7 Å². The molecule has 0 saturated carbocycles. The first-order valence-electron chi connectivity index (χ1n) is 9.19. The minimum Gasteiger partial charge on any atom is -0.496 e. The van der Waals surface area contributed by atoms with Gasteiger partial charge >= 0.3 is 5.69 Å². The maximum Gasteiger partial charge on any atom is 0.312 e. The van der Waals surface area contributed by atoms with Crippen molar-refractivity contribution < 1.29 is 14.6 Å². The highest BCUT2D eigenvalue weighted by atomic mass is 16.6. The summed E-state index contributed by atoms with van der Waals surface area (Å²) < 4.78 is 6.98. The predicted octanol–water partition coefficient (Wildman–Crippen LogP) is 3.82. The van der Waals surface area contributed by atoms with E-state index >= 15 is 0 Å². The molecule has 0 aliphatic rings. The van der Waals surface area contributed by atoms with Gasteiger partial charge in [-0.1, -0.05) is 0 Å². The molecule has 0 atom stereocenters. The normalized spacial score (nSPS) is 10.9. The Balaban J connectivity index is 1.79. The second kappa shape index (κ2) is 9.03. The van der Waals surface area contributed by atoms with E-state index in [1.54, 1.807) is 50.1 Å². The first-order valence-corrected chi connectivity index (χ1v) is 9.19. The Kier molecular flexibility index (Phi) is 6.24. The SMILES string of the molecule is COc1ccc(C=NNc2ccc([N+](=O)[O-])cc2)cc1Cn1nc(C)c([N+](=O)[O-])c1C. The predicted molar refractivity (Wildman–Crippen MR) is 115 cm³/mol. The molecule has 0 aliphatic heterocycles. The molecule has 0 fully saturated rings. The molecule has 0 amide bonds. The number of hydrogen-bond donors (Lipinski definition) is 1. The van der Waals surface area contributed by atoms with Crippen molar-refractivity contribution in [3.8, 4) is 5.75 Å². The molecule has 11 nitrogen and oxygen atoms in total. The summed E-state index contributed by atoms with van der Waals surface area (Å²) in [6.45, 7) is 3.55. The zero-order valence-corrected chi connectivity index (χ0v) is 17.1. The number of hydrazone groups is 1. The second-order valence-corrected chi connectivity index (χ2v) is 6.68. The van der Waals surface area contributed by atoms with Crippen molar-refractivity contribution in [2.75, 3.05) is 12.5 Å². The van der Waals surface area contributed by atoms with Crippen molar-refractivity contribution in [1.82, 2.24) is 9.78 Å².